The van der Waals surface area contributed by atoms with Crippen LogP contribution in [-0.2, 0) is 26.3 Å². The first kappa shape index (κ1) is 32.2. The molecular weight excluding hydrogens is 549 g/mol. The Morgan fingerprint density at radius 1 is 1.02 bits per heavy atom. The summed E-state index contributed by atoms with van der Waals surface area (Å²) in [5.74, 6) is -3.24. The quantitative estimate of drug-likeness (QED) is 0.317. The smallest absolute Gasteiger partial charge is 0.475 e. The van der Waals surface area contributed by atoms with Crippen LogP contribution >= 0.6 is 11.5 Å². The van der Waals surface area contributed by atoms with Crippen LogP contribution in [-0.4, -0.2) is 45.6 Å². The number of rotatable bonds is 8. The van der Waals surface area contributed by atoms with Crippen LogP contribution in [0.2, 0.25) is 0 Å². The number of alkyl halides is 3. The zero-order chi connectivity index (χ0) is 30.1. The van der Waals surface area contributed by atoms with Crippen molar-refractivity contribution in [1.29, 1.82) is 0 Å². The maximum Gasteiger partial charge on any atom is 0.490 e. The van der Waals surface area contributed by atoms with E-state index in [-0.39, 0.29) is 35.9 Å². The second kappa shape index (κ2) is 13.9. The van der Waals surface area contributed by atoms with Gasteiger partial charge in [0.2, 0.25) is 11.8 Å². The molecule has 13 heteroatoms. The molecule has 40 heavy (non-hydrogen) atoms. The molecular formula is C27H31F3N4O5S. The van der Waals surface area contributed by atoms with Crippen LogP contribution in [0.15, 0.2) is 65.5 Å². The molecule has 1 aromatic heterocycles. The fraction of sp³-hybridized carbons (Fsp3) is 0.333. The largest absolute Gasteiger partial charge is 0.490 e. The number of nitrogens with zero attached hydrogens (tertiary/aromatic N) is 1. The van der Waals surface area contributed by atoms with E-state index < -0.39 is 18.2 Å². The van der Waals surface area contributed by atoms with Crippen LogP contribution in [0.25, 0.3) is 10.4 Å². The Bertz CT molecular complexity index is 1350. The molecule has 1 heterocycles. The van der Waals surface area contributed by atoms with E-state index in [1.54, 1.807) is 22.2 Å². The molecule has 0 unspecified atom stereocenters. The number of carbonyl (C=O) groups is 3. The average Bonchev–Trinajstić information content (AvgIpc) is 3.27. The molecule has 216 valence electrons. The number of hydrogen-bond donors (Lipinski definition) is 4. The van der Waals surface area contributed by atoms with Gasteiger partial charge in [-0.3, -0.25) is 18.3 Å². The van der Waals surface area contributed by atoms with Crippen molar-refractivity contribution in [1.82, 2.24) is 9.27 Å². The Labute approximate surface area is 233 Å². The van der Waals surface area contributed by atoms with E-state index in [1.807, 2.05) is 63.2 Å². The zero-order valence-corrected chi connectivity index (χ0v) is 22.9. The lowest BCUT2D eigenvalue weighted by atomic mass is 10.1. The van der Waals surface area contributed by atoms with Crippen LogP contribution in [0, 0.1) is 0 Å². The van der Waals surface area contributed by atoms with E-state index in [0.717, 1.165) is 16.0 Å². The molecule has 0 aliphatic carbocycles. The summed E-state index contributed by atoms with van der Waals surface area (Å²) in [6.45, 7) is 6.19. The first-order chi connectivity index (χ1) is 18.6. The molecule has 3 rings (SSSR count). The Balaban J connectivity index is 0.000000708. The van der Waals surface area contributed by atoms with Gasteiger partial charge in [0.05, 0.1) is 16.5 Å². The molecule has 0 saturated heterocycles. The monoisotopic (exact) mass is 580 g/mol. The molecule has 9 nitrogen and oxygen atoms in total. The summed E-state index contributed by atoms with van der Waals surface area (Å²) >= 11 is 1.42. The van der Waals surface area contributed by atoms with Crippen LogP contribution in [0.1, 0.15) is 32.8 Å². The number of benzene rings is 2. The van der Waals surface area contributed by atoms with E-state index in [9.17, 15) is 27.6 Å². The number of aromatic nitrogens is 1. The minimum absolute atomic E-state index is 0.0228. The molecule has 0 saturated carbocycles. The molecule has 0 aliphatic rings. The lowest BCUT2D eigenvalue weighted by Gasteiger charge is -2.18. The fourth-order valence-electron chi connectivity index (χ4n) is 3.28. The highest BCUT2D eigenvalue weighted by Crippen LogP contribution is 2.27. The molecule has 0 fully saturated rings. The lowest BCUT2D eigenvalue weighted by Crippen LogP contribution is -2.42. The number of carboxylic acid groups (broad SMARTS) is 1. The first-order valence-electron chi connectivity index (χ1n) is 12.1. The highest BCUT2D eigenvalue weighted by Gasteiger charge is 2.38. The van der Waals surface area contributed by atoms with Crippen LogP contribution < -0.4 is 21.9 Å². The summed E-state index contributed by atoms with van der Waals surface area (Å²) in [6.07, 6.45) is -4.50. The standard InChI is InChI=1S/C25H30N4O3S.C2HF3O2/c1-25(2,3)29-23(31)16-21(33-29)18-9-11-19(12-10-18)28-22(30)13-14-27-24(32)20(26)15-17-7-5-4-6-8-17;3-2(4,5)1(6)7/h4-12,16,20H,13-15,26H2,1-3H3,(H,27,32)(H,28,30);(H,6,7)/t20-;/m0./s1. The second-order valence-corrected chi connectivity index (χ2v) is 10.7. The van der Waals surface area contributed by atoms with Crippen LogP contribution in [0.4, 0.5) is 18.9 Å². The SMILES string of the molecule is CC(C)(C)n1sc(-c2ccc(NC(=O)CCNC(=O)[C@@H](N)Cc3ccccc3)cc2)cc1=O.O=C(O)C(F)(F)F. The van der Waals surface area contributed by atoms with Gasteiger partial charge in [-0.25, -0.2) is 4.79 Å². The third-order valence-corrected chi connectivity index (χ3v) is 6.70. The zero-order valence-electron chi connectivity index (χ0n) is 22.1. The summed E-state index contributed by atoms with van der Waals surface area (Å²) in [7, 11) is 0. The number of carboxylic acids is 1. The van der Waals surface area contributed by atoms with Crippen molar-refractivity contribution in [2.24, 2.45) is 5.73 Å². The second-order valence-electron chi connectivity index (χ2n) is 9.67. The average molecular weight is 581 g/mol. The maximum absolute atomic E-state index is 12.2. The predicted molar refractivity (Wildman–Crippen MR) is 147 cm³/mol. The number of aliphatic carboxylic acids is 1. The van der Waals surface area contributed by atoms with Crippen molar-refractivity contribution in [3.63, 3.8) is 0 Å². The molecule has 1 atom stereocenters. The molecule has 3 aromatic rings. The third-order valence-electron chi connectivity index (χ3n) is 5.24. The minimum Gasteiger partial charge on any atom is -0.475 e. The number of nitrogens with one attached hydrogen (secondary N) is 2. The van der Waals surface area contributed by atoms with Crippen LogP contribution in [0.5, 0.6) is 0 Å². The van der Waals surface area contributed by atoms with Gasteiger partial charge in [0.15, 0.2) is 0 Å². The Morgan fingerprint density at radius 2 is 1.60 bits per heavy atom. The lowest BCUT2D eigenvalue weighted by molar-refractivity contribution is -0.192. The van der Waals surface area contributed by atoms with Gasteiger partial charge in [-0.2, -0.15) is 13.2 Å². The summed E-state index contributed by atoms with van der Waals surface area (Å²) in [4.78, 5) is 46.4. The molecule has 0 bridgehead atoms. The van der Waals surface area contributed by atoms with Gasteiger partial charge in [0.25, 0.3) is 5.56 Å². The summed E-state index contributed by atoms with van der Waals surface area (Å²) in [5, 5.41) is 12.7. The van der Waals surface area contributed by atoms with Crippen molar-refractivity contribution in [2.75, 3.05) is 11.9 Å². The summed E-state index contributed by atoms with van der Waals surface area (Å²) in [6, 6.07) is 17.9. The minimum atomic E-state index is -5.08. The van der Waals surface area contributed by atoms with Gasteiger partial charge in [0.1, 0.15) is 0 Å². The molecule has 0 spiro atoms. The Morgan fingerprint density at radius 3 is 2.10 bits per heavy atom. The molecule has 0 aliphatic heterocycles. The van der Waals surface area contributed by atoms with Gasteiger partial charge in [-0.15, -0.1) is 0 Å². The Hall–Kier alpha value is -3.97. The van der Waals surface area contributed by atoms with Crippen molar-refractivity contribution in [3.8, 4) is 10.4 Å². The number of carbonyl (C=O) groups excluding carboxylic acids is 2. The molecule has 2 aromatic carbocycles. The van der Waals surface area contributed by atoms with Gasteiger partial charge in [0, 0.05) is 24.7 Å². The third kappa shape index (κ3) is 10.3. The normalized spacial score (nSPS) is 12.1. The van der Waals surface area contributed by atoms with E-state index in [4.69, 9.17) is 15.6 Å². The molecule has 0 radical (unpaired) electrons. The van der Waals surface area contributed by atoms with Crippen molar-refractivity contribution in [2.45, 2.75) is 51.4 Å². The maximum atomic E-state index is 12.2. The highest BCUT2D eigenvalue weighted by atomic mass is 32.1. The predicted octanol–water partition coefficient (Wildman–Crippen LogP) is 3.98. The number of halogens is 3. The fourth-order valence-corrected chi connectivity index (χ4v) is 4.28. The van der Waals surface area contributed by atoms with Gasteiger partial charge in [-0.1, -0.05) is 54.0 Å². The van der Waals surface area contributed by atoms with Gasteiger partial charge < -0.3 is 21.5 Å². The Kier molecular flexibility index (Phi) is 11.2. The van der Waals surface area contributed by atoms with Gasteiger partial charge >= 0.3 is 12.1 Å². The van der Waals surface area contributed by atoms with E-state index in [1.165, 1.54) is 11.5 Å². The number of anilines is 1. The number of amides is 2. The molecule has 2 amide bonds. The van der Waals surface area contributed by atoms with E-state index >= 15 is 0 Å². The van der Waals surface area contributed by atoms with Crippen molar-refractivity contribution in [3.05, 3.63) is 76.6 Å². The van der Waals surface area contributed by atoms with E-state index in [0.29, 0.717) is 12.1 Å². The number of nitrogens with two attached hydrogens (primary N) is 1. The summed E-state index contributed by atoms with van der Waals surface area (Å²) in [5.41, 5.74) is 8.22. The highest BCUT2D eigenvalue weighted by molar-refractivity contribution is 7.10. The topological polar surface area (TPSA) is 144 Å². The molecule has 5 N–H and O–H groups in total. The first-order valence-corrected chi connectivity index (χ1v) is 12.9. The van der Waals surface area contributed by atoms with Gasteiger partial charge in [-0.05, 0) is 50.5 Å². The van der Waals surface area contributed by atoms with Crippen LogP contribution in [0.3, 0.4) is 0 Å². The van der Waals surface area contributed by atoms with Crippen molar-refractivity contribution < 1.29 is 32.7 Å². The van der Waals surface area contributed by atoms with E-state index in [2.05, 4.69) is 10.6 Å². The number of hydrogen-bond acceptors (Lipinski definition) is 6. The van der Waals surface area contributed by atoms with Crippen molar-refractivity contribution >= 4 is 35.0 Å². The summed E-state index contributed by atoms with van der Waals surface area (Å²) < 4.78 is 33.5.